The summed E-state index contributed by atoms with van der Waals surface area (Å²) in [5.74, 6) is 0. The summed E-state index contributed by atoms with van der Waals surface area (Å²) in [6, 6.07) is 0. The van der Waals surface area contributed by atoms with E-state index in [-0.39, 0.29) is 103 Å². The molecule has 0 aliphatic carbocycles. The predicted octanol–water partition coefficient (Wildman–Crippen LogP) is -5.59. The fourth-order valence-corrected chi connectivity index (χ4v) is 0. The van der Waals surface area contributed by atoms with Crippen molar-refractivity contribution < 1.29 is 56.9 Å². The second kappa shape index (κ2) is 13.7. The molecule has 0 amide bonds. The molecule has 0 fully saturated rings. The van der Waals surface area contributed by atoms with Crippen LogP contribution in [0.1, 0.15) is 0 Å². The fourth-order valence-electron chi connectivity index (χ4n) is 0. The third-order valence-electron chi connectivity index (χ3n) is 0. The molecule has 62 valence electrons. The first-order valence-corrected chi connectivity index (χ1v) is 5.36. The first-order valence-electron chi connectivity index (χ1n) is 1.18. The second-order valence-electron chi connectivity index (χ2n) is 0.649. The molecule has 0 saturated carbocycles. The van der Waals surface area contributed by atoms with Gasteiger partial charge in [0, 0.05) is 0 Å². The Kier molecular flexibility index (Phi) is 30.0. The van der Waals surface area contributed by atoms with Gasteiger partial charge in [-0.05, 0) is 4.20 Å². The SMILES string of the molecule is [KH].[KH].[O-][Br+2]([O-])O.[O]=[Cr](=[O])([OH])[OH]. The van der Waals surface area contributed by atoms with E-state index in [0.717, 1.165) is 0 Å². The first-order chi connectivity index (χ1) is 3.73. The second-order valence-corrected chi connectivity index (χ2v) is 2.89. The van der Waals surface area contributed by atoms with Gasteiger partial charge in [-0.2, -0.15) is 0 Å². The molecular weight excluding hydrogens is 322 g/mol. The van der Waals surface area contributed by atoms with E-state index in [1.807, 2.05) is 0 Å². The molecule has 0 atom stereocenters. The molecule has 0 aromatic rings. The van der Waals surface area contributed by atoms with Gasteiger partial charge in [-0.15, -0.1) is 0 Å². The summed E-state index contributed by atoms with van der Waals surface area (Å²) in [6.45, 7) is 0. The van der Waals surface area contributed by atoms with Crippen LogP contribution in [0.5, 0.6) is 0 Å². The number of rotatable bonds is 0. The number of hydrogen-bond acceptors (Lipinski definition) is 5. The molecule has 3 N–H and O–H groups in total. The molecule has 11 heteroatoms. The Bertz CT molecular complexity index is 128. The van der Waals surface area contributed by atoms with Crippen LogP contribution >= 0.6 is 0 Å². The van der Waals surface area contributed by atoms with E-state index in [1.54, 1.807) is 0 Å². The maximum atomic E-state index is 8.82. The van der Waals surface area contributed by atoms with Gasteiger partial charge in [-0.1, -0.05) is 0 Å². The van der Waals surface area contributed by atoms with Crippen LogP contribution in [0.4, 0.5) is 0 Å². The van der Waals surface area contributed by atoms with Crippen molar-refractivity contribution in [1.29, 1.82) is 0 Å². The molecular formula is H5BrCrK2O7. The van der Waals surface area contributed by atoms with Crippen LogP contribution in [0.25, 0.3) is 0 Å². The molecule has 0 heterocycles. The molecule has 7 nitrogen and oxygen atoms in total. The van der Waals surface area contributed by atoms with E-state index in [2.05, 4.69) is 0 Å². The van der Waals surface area contributed by atoms with Crippen molar-refractivity contribution in [1.82, 2.24) is 0 Å². The van der Waals surface area contributed by atoms with E-state index < -0.39 is 28.4 Å². The maximum absolute atomic E-state index is 8.82. The van der Waals surface area contributed by atoms with Crippen LogP contribution in [0.3, 0.4) is 0 Å². The molecule has 0 aliphatic rings. The summed E-state index contributed by atoms with van der Waals surface area (Å²) in [7, 11) is 0. The summed E-state index contributed by atoms with van der Waals surface area (Å²) in [4.78, 5) is 0. The van der Waals surface area contributed by atoms with Gasteiger partial charge in [0.05, 0.1) is 0 Å². The van der Waals surface area contributed by atoms with Gasteiger partial charge in [0.15, 0.2) is 0 Å². The summed E-state index contributed by atoms with van der Waals surface area (Å²) in [5.41, 5.74) is 0. The minimum atomic E-state index is -5.25. The van der Waals surface area contributed by atoms with Crippen LogP contribution in [0.15, 0.2) is 0 Å². The normalized spacial score (nSPS) is 8.55. The topological polar surface area (TPSA) is 141 Å². The van der Waals surface area contributed by atoms with Gasteiger partial charge in [0.25, 0.3) is 0 Å². The van der Waals surface area contributed by atoms with Crippen molar-refractivity contribution in [2.24, 2.45) is 0 Å². The Labute approximate surface area is 155 Å². The van der Waals surface area contributed by atoms with E-state index in [0.29, 0.717) is 0 Å². The molecule has 0 aromatic carbocycles. The quantitative estimate of drug-likeness (QED) is 0.377. The Balaban J connectivity index is -0.0000000383. The van der Waals surface area contributed by atoms with Gasteiger partial charge in [-0.3, -0.25) is 0 Å². The summed E-state index contributed by atoms with van der Waals surface area (Å²) < 4.78 is 56.2. The van der Waals surface area contributed by atoms with Crippen molar-refractivity contribution in [3.8, 4) is 0 Å². The summed E-state index contributed by atoms with van der Waals surface area (Å²) in [6.07, 6.45) is 0. The van der Waals surface area contributed by atoms with Crippen LogP contribution < -0.4 is 8.40 Å². The van der Waals surface area contributed by atoms with Gasteiger partial charge in [0.1, 0.15) is 0 Å². The summed E-state index contributed by atoms with van der Waals surface area (Å²) >= 11 is -8.65. The Morgan fingerprint density at radius 2 is 1.09 bits per heavy atom. The molecule has 11 heavy (non-hydrogen) atoms. The molecule has 0 rings (SSSR count). The Morgan fingerprint density at radius 3 is 1.09 bits per heavy atom. The van der Waals surface area contributed by atoms with Crippen LogP contribution in [-0.2, 0) is 21.2 Å². The summed E-state index contributed by atoms with van der Waals surface area (Å²) in [5, 5.41) is 0. The van der Waals surface area contributed by atoms with Crippen LogP contribution in [0, 0.1) is 14.8 Å². The van der Waals surface area contributed by atoms with E-state index in [9.17, 15) is 0 Å². The Morgan fingerprint density at radius 1 is 1.09 bits per heavy atom. The van der Waals surface area contributed by atoms with Gasteiger partial charge < -0.3 is 8.40 Å². The molecule has 0 unspecified atom stereocenters. The number of hydrogen-bond donors (Lipinski definition) is 3. The molecule has 0 aromatic heterocycles. The molecule has 0 spiro atoms. The molecule has 0 aliphatic heterocycles. The minimum absolute atomic E-state index is 0. The standard InChI is InChI=1S/BrHO3.Cr.2K.2H2O.2O.2H/c2-1(3)4;;;;;;;;;/h2H;;;;2*1H2;;;;/q;+2;;;;;;;;/p-2. The van der Waals surface area contributed by atoms with Gasteiger partial charge in [0.2, 0.25) is 0 Å². The van der Waals surface area contributed by atoms with Crippen molar-refractivity contribution in [3.63, 3.8) is 0 Å². The van der Waals surface area contributed by atoms with Crippen LogP contribution in [-0.4, -0.2) is 115 Å². The molecule has 0 radical (unpaired) electrons. The van der Waals surface area contributed by atoms with E-state index >= 15 is 0 Å². The van der Waals surface area contributed by atoms with E-state index in [1.165, 1.54) is 0 Å². The first kappa shape index (κ1) is 24.1. The number of halogens is 1. The fraction of sp³-hybridized carbons (Fsp3) is 0. The van der Waals surface area contributed by atoms with Crippen molar-refractivity contribution in [3.05, 3.63) is 0 Å². The molecule has 0 saturated heterocycles. The zero-order valence-corrected chi connectivity index (χ0v) is 6.62. The Hall–Kier alpha value is 3.69. The third kappa shape index (κ3) is 138. The third-order valence-corrected chi connectivity index (χ3v) is 0. The van der Waals surface area contributed by atoms with Crippen molar-refractivity contribution in [2.75, 3.05) is 0 Å². The van der Waals surface area contributed by atoms with Gasteiger partial charge in [-0.25, -0.2) is 0 Å². The predicted molar refractivity (Wildman–Crippen MR) is 22.3 cm³/mol. The monoisotopic (exact) mass is 326 g/mol. The zero-order chi connectivity index (χ0) is 8.08. The van der Waals surface area contributed by atoms with Crippen LogP contribution in [0.2, 0.25) is 0 Å². The average Bonchev–Trinajstić information content (AvgIpc) is 1.19. The van der Waals surface area contributed by atoms with Crippen molar-refractivity contribution in [2.45, 2.75) is 0 Å². The zero-order valence-electron chi connectivity index (χ0n) is 3.76. The van der Waals surface area contributed by atoms with Crippen molar-refractivity contribution >= 4 is 103 Å². The molecule has 0 bridgehead atoms. The average molecular weight is 327 g/mol. The van der Waals surface area contributed by atoms with Gasteiger partial charge >= 0.3 is 147 Å². The van der Waals surface area contributed by atoms with E-state index in [4.69, 9.17) is 28.5 Å².